The minimum absolute atomic E-state index is 0.0491. The number of alkyl halides is 1. The molecule has 0 radical (unpaired) electrons. The summed E-state index contributed by atoms with van der Waals surface area (Å²) in [4.78, 5) is 16.2. The van der Waals surface area contributed by atoms with Crippen LogP contribution in [-0.4, -0.2) is 15.7 Å². The fourth-order valence-electron chi connectivity index (χ4n) is 1.78. The van der Waals surface area contributed by atoms with Crippen molar-refractivity contribution in [1.29, 1.82) is 0 Å². The van der Waals surface area contributed by atoms with Crippen molar-refractivity contribution in [3.63, 3.8) is 0 Å². The average molecular weight is 339 g/mol. The molecule has 0 bridgehead atoms. The maximum absolute atomic E-state index is 12.0. The lowest BCUT2D eigenvalue weighted by molar-refractivity contribution is -0.116. The molecule has 0 saturated carbocycles. The van der Waals surface area contributed by atoms with Gasteiger partial charge in [-0.3, -0.25) is 4.79 Å². The number of anilines is 1. The van der Waals surface area contributed by atoms with Gasteiger partial charge in [0.15, 0.2) is 11.5 Å². The van der Waals surface area contributed by atoms with E-state index in [4.69, 9.17) is 4.42 Å². The summed E-state index contributed by atoms with van der Waals surface area (Å²) in [6, 6.07) is 5.50. The monoisotopic (exact) mass is 338 g/mol. The first kappa shape index (κ1) is 15.0. The molecule has 1 heterocycles. The molecule has 0 aliphatic carbocycles. The summed E-state index contributed by atoms with van der Waals surface area (Å²) in [7, 11) is 0. The van der Waals surface area contributed by atoms with Gasteiger partial charge >= 0.3 is 0 Å². The molecule has 0 aliphatic heterocycles. The molecular formula is C15H19BrN2O2. The number of benzene rings is 1. The summed E-state index contributed by atoms with van der Waals surface area (Å²) in [6.07, 6.45) is 0. The lowest BCUT2D eigenvalue weighted by atomic mass is 10.1. The number of nitrogens with zero attached hydrogens (tertiary/aromatic N) is 1. The molecule has 1 aromatic carbocycles. The highest BCUT2D eigenvalue weighted by Crippen LogP contribution is 2.24. The number of hydrogen-bond donors (Lipinski definition) is 1. The van der Waals surface area contributed by atoms with Crippen molar-refractivity contribution in [2.24, 2.45) is 5.92 Å². The van der Waals surface area contributed by atoms with Gasteiger partial charge in [0.1, 0.15) is 5.52 Å². The van der Waals surface area contributed by atoms with Gasteiger partial charge in [0.05, 0.1) is 4.83 Å². The van der Waals surface area contributed by atoms with Crippen LogP contribution in [0.1, 0.15) is 39.5 Å². The van der Waals surface area contributed by atoms with Gasteiger partial charge in [-0.2, -0.15) is 0 Å². The van der Waals surface area contributed by atoms with Gasteiger partial charge in [0.25, 0.3) is 0 Å². The minimum atomic E-state index is -0.207. The smallest absolute Gasteiger partial charge is 0.238 e. The van der Waals surface area contributed by atoms with Crippen molar-refractivity contribution in [2.45, 2.75) is 38.4 Å². The second kappa shape index (κ2) is 5.95. The first-order valence-electron chi connectivity index (χ1n) is 6.74. The van der Waals surface area contributed by atoms with E-state index in [1.54, 1.807) is 0 Å². The van der Waals surface area contributed by atoms with Crippen LogP contribution in [-0.2, 0) is 4.79 Å². The van der Waals surface area contributed by atoms with Crippen molar-refractivity contribution < 1.29 is 9.21 Å². The third kappa shape index (κ3) is 3.20. The number of fused-ring (bicyclic) bond motifs is 1. The minimum Gasteiger partial charge on any atom is -0.440 e. The molecule has 2 aromatic rings. The molecule has 1 amide bonds. The fourth-order valence-corrected chi connectivity index (χ4v) is 1.90. The van der Waals surface area contributed by atoms with Gasteiger partial charge in [0.2, 0.25) is 5.91 Å². The Balaban J connectivity index is 2.21. The van der Waals surface area contributed by atoms with Crippen LogP contribution in [0.2, 0.25) is 0 Å². The van der Waals surface area contributed by atoms with Crippen LogP contribution in [0, 0.1) is 5.92 Å². The molecule has 0 aliphatic rings. The van der Waals surface area contributed by atoms with E-state index in [-0.39, 0.29) is 22.6 Å². The number of aromatic nitrogens is 1. The SMILES string of the molecule is CC(C)c1nc2cc(NC(=O)C(Br)C(C)C)ccc2o1. The topological polar surface area (TPSA) is 55.1 Å². The summed E-state index contributed by atoms with van der Waals surface area (Å²) in [5.41, 5.74) is 2.24. The Kier molecular flexibility index (Phi) is 4.48. The fraction of sp³-hybridized carbons (Fsp3) is 0.467. The van der Waals surface area contributed by atoms with E-state index in [2.05, 4.69) is 26.2 Å². The molecule has 4 nitrogen and oxygen atoms in total. The van der Waals surface area contributed by atoms with Gasteiger partial charge in [0, 0.05) is 11.6 Å². The highest BCUT2D eigenvalue weighted by Gasteiger charge is 2.19. The van der Waals surface area contributed by atoms with Crippen LogP contribution < -0.4 is 5.32 Å². The molecule has 2 rings (SSSR count). The van der Waals surface area contributed by atoms with Crippen molar-refractivity contribution in [3.05, 3.63) is 24.1 Å². The number of hydrogen-bond acceptors (Lipinski definition) is 3. The Hall–Kier alpha value is -1.36. The van der Waals surface area contributed by atoms with Crippen LogP contribution in [0.25, 0.3) is 11.1 Å². The van der Waals surface area contributed by atoms with E-state index in [0.717, 1.165) is 16.8 Å². The summed E-state index contributed by atoms with van der Waals surface area (Å²) in [5.74, 6) is 1.14. The maximum Gasteiger partial charge on any atom is 0.238 e. The average Bonchev–Trinajstić information content (AvgIpc) is 2.80. The number of carbonyl (C=O) groups excluding carboxylic acids is 1. The molecular weight excluding hydrogens is 320 g/mol. The number of halogens is 1. The zero-order valence-electron chi connectivity index (χ0n) is 12.1. The Labute approximate surface area is 127 Å². The molecule has 1 atom stereocenters. The van der Waals surface area contributed by atoms with Crippen LogP contribution in [0.4, 0.5) is 5.69 Å². The number of nitrogens with one attached hydrogen (secondary N) is 1. The van der Waals surface area contributed by atoms with Crippen molar-refractivity contribution in [1.82, 2.24) is 4.98 Å². The Morgan fingerprint density at radius 3 is 2.60 bits per heavy atom. The van der Waals surface area contributed by atoms with Crippen LogP contribution in [0.15, 0.2) is 22.6 Å². The third-order valence-corrected chi connectivity index (χ3v) is 4.47. The van der Waals surface area contributed by atoms with Gasteiger partial charge in [-0.15, -0.1) is 0 Å². The molecule has 0 spiro atoms. The predicted molar refractivity (Wildman–Crippen MR) is 84.3 cm³/mol. The van der Waals surface area contributed by atoms with Crippen molar-refractivity contribution >= 4 is 38.6 Å². The van der Waals surface area contributed by atoms with Gasteiger partial charge in [-0.1, -0.05) is 43.6 Å². The largest absolute Gasteiger partial charge is 0.440 e. The normalized spacial score (nSPS) is 13.2. The molecule has 0 fully saturated rings. The van der Waals surface area contributed by atoms with Crippen LogP contribution in [0.5, 0.6) is 0 Å². The summed E-state index contributed by atoms with van der Waals surface area (Å²) < 4.78 is 5.64. The van der Waals surface area contributed by atoms with E-state index >= 15 is 0 Å². The molecule has 1 unspecified atom stereocenters. The number of rotatable bonds is 4. The molecule has 1 N–H and O–H groups in total. The first-order chi connectivity index (χ1) is 9.38. The number of oxazole rings is 1. The van der Waals surface area contributed by atoms with E-state index in [1.807, 2.05) is 45.9 Å². The summed E-state index contributed by atoms with van der Waals surface area (Å²) >= 11 is 3.39. The van der Waals surface area contributed by atoms with Gasteiger partial charge < -0.3 is 9.73 Å². The highest BCUT2D eigenvalue weighted by molar-refractivity contribution is 9.10. The summed E-state index contributed by atoms with van der Waals surface area (Å²) in [5, 5.41) is 2.89. The third-order valence-electron chi connectivity index (χ3n) is 3.00. The second-order valence-corrected chi connectivity index (χ2v) is 6.51. The second-order valence-electron chi connectivity index (χ2n) is 5.52. The molecule has 5 heteroatoms. The standard InChI is InChI=1S/C15H19BrN2O2/c1-8(2)13(16)14(19)17-10-5-6-12-11(7-10)18-15(20-12)9(3)4/h5-9,13H,1-4H3,(H,17,19). The van der Waals surface area contributed by atoms with E-state index in [9.17, 15) is 4.79 Å². The lowest BCUT2D eigenvalue weighted by Gasteiger charge is -2.13. The van der Waals surface area contributed by atoms with Crippen LogP contribution in [0.3, 0.4) is 0 Å². The Bertz CT molecular complexity index is 619. The highest BCUT2D eigenvalue weighted by atomic mass is 79.9. The Morgan fingerprint density at radius 2 is 2.00 bits per heavy atom. The molecule has 0 saturated heterocycles. The predicted octanol–water partition coefficient (Wildman–Crippen LogP) is 4.31. The first-order valence-corrected chi connectivity index (χ1v) is 7.65. The van der Waals surface area contributed by atoms with E-state index in [1.165, 1.54) is 0 Å². The van der Waals surface area contributed by atoms with E-state index < -0.39 is 0 Å². The zero-order valence-corrected chi connectivity index (χ0v) is 13.7. The zero-order chi connectivity index (χ0) is 14.9. The maximum atomic E-state index is 12.0. The van der Waals surface area contributed by atoms with Gasteiger partial charge in [-0.25, -0.2) is 4.98 Å². The van der Waals surface area contributed by atoms with Gasteiger partial charge in [-0.05, 0) is 24.1 Å². The molecule has 108 valence electrons. The van der Waals surface area contributed by atoms with Crippen molar-refractivity contribution in [3.8, 4) is 0 Å². The number of carbonyl (C=O) groups is 1. The van der Waals surface area contributed by atoms with Crippen LogP contribution >= 0.6 is 15.9 Å². The number of amides is 1. The lowest BCUT2D eigenvalue weighted by Crippen LogP contribution is -2.26. The summed E-state index contributed by atoms with van der Waals surface area (Å²) in [6.45, 7) is 8.06. The van der Waals surface area contributed by atoms with E-state index in [0.29, 0.717) is 5.89 Å². The van der Waals surface area contributed by atoms with Crippen molar-refractivity contribution in [2.75, 3.05) is 5.32 Å². The molecule has 20 heavy (non-hydrogen) atoms. The quantitative estimate of drug-likeness (QED) is 0.845. The molecule has 1 aromatic heterocycles. The Morgan fingerprint density at radius 1 is 1.30 bits per heavy atom.